The number of halogens is 2. The number of benzene rings is 1. The Balaban J connectivity index is 2.61. The summed E-state index contributed by atoms with van der Waals surface area (Å²) in [6.45, 7) is 0.855. The summed E-state index contributed by atoms with van der Waals surface area (Å²) >= 11 is 0. The molecule has 0 aliphatic rings. The van der Waals surface area contributed by atoms with Crippen LogP contribution in [0.4, 0.5) is 8.78 Å². The van der Waals surface area contributed by atoms with Crippen molar-refractivity contribution in [1.82, 2.24) is 10.2 Å². The summed E-state index contributed by atoms with van der Waals surface area (Å²) in [5, 5.41) is 2.53. The van der Waals surface area contributed by atoms with Crippen LogP contribution in [0.25, 0.3) is 0 Å². The molecule has 0 fully saturated rings. The van der Waals surface area contributed by atoms with Crippen LogP contribution in [0.1, 0.15) is 5.56 Å². The van der Waals surface area contributed by atoms with E-state index in [-0.39, 0.29) is 13.1 Å². The lowest BCUT2D eigenvalue weighted by atomic mass is 10.2. The van der Waals surface area contributed by atoms with Crippen LogP contribution in [-0.2, 0) is 11.3 Å². The third-order valence-electron chi connectivity index (χ3n) is 2.75. The van der Waals surface area contributed by atoms with E-state index in [9.17, 15) is 8.78 Å². The molecular formula is C14H22F2N2O. The zero-order valence-corrected chi connectivity index (χ0v) is 11.5. The maximum absolute atomic E-state index is 13.7. The quantitative estimate of drug-likeness (QED) is 0.744. The van der Waals surface area contributed by atoms with Crippen LogP contribution in [0.2, 0.25) is 0 Å². The van der Waals surface area contributed by atoms with Crippen molar-refractivity contribution in [3.05, 3.63) is 35.9 Å². The summed E-state index contributed by atoms with van der Waals surface area (Å²) in [4.78, 5) is 1.72. The number of hydrogen-bond acceptors (Lipinski definition) is 3. The first kappa shape index (κ1) is 16.0. The van der Waals surface area contributed by atoms with Gasteiger partial charge in [-0.2, -0.15) is 0 Å². The minimum Gasteiger partial charge on any atom is -0.383 e. The Hall–Kier alpha value is -1.04. The zero-order valence-electron chi connectivity index (χ0n) is 11.5. The van der Waals surface area contributed by atoms with Crippen LogP contribution in [0.15, 0.2) is 30.3 Å². The minimum atomic E-state index is -2.74. The normalized spacial score (nSPS) is 12.1. The molecule has 0 spiro atoms. The molecular weight excluding hydrogens is 250 g/mol. The Labute approximate surface area is 113 Å². The van der Waals surface area contributed by atoms with E-state index in [2.05, 4.69) is 5.32 Å². The van der Waals surface area contributed by atoms with Gasteiger partial charge in [0.1, 0.15) is 0 Å². The molecule has 0 bridgehead atoms. The van der Waals surface area contributed by atoms with E-state index >= 15 is 0 Å². The maximum atomic E-state index is 13.7. The lowest BCUT2D eigenvalue weighted by Gasteiger charge is -2.27. The number of nitrogens with one attached hydrogen (secondary N) is 1. The highest BCUT2D eigenvalue weighted by Crippen LogP contribution is 2.16. The van der Waals surface area contributed by atoms with Gasteiger partial charge in [-0.3, -0.25) is 4.90 Å². The molecule has 1 rings (SSSR count). The Kier molecular flexibility index (Phi) is 6.91. The van der Waals surface area contributed by atoms with Crippen LogP contribution in [0.3, 0.4) is 0 Å². The predicted octanol–water partition coefficient (Wildman–Crippen LogP) is 1.99. The highest BCUT2D eigenvalue weighted by Gasteiger charge is 2.30. The van der Waals surface area contributed by atoms with Crippen molar-refractivity contribution in [3.8, 4) is 0 Å². The van der Waals surface area contributed by atoms with E-state index in [1.165, 1.54) is 7.05 Å². The molecule has 0 saturated carbocycles. The molecule has 0 amide bonds. The minimum absolute atomic E-state index is 0.272. The zero-order chi connectivity index (χ0) is 14.1. The summed E-state index contributed by atoms with van der Waals surface area (Å²) in [6.07, 6.45) is 0. The van der Waals surface area contributed by atoms with Crippen LogP contribution in [0.5, 0.6) is 0 Å². The van der Waals surface area contributed by atoms with Gasteiger partial charge in [0.15, 0.2) is 0 Å². The molecule has 19 heavy (non-hydrogen) atoms. The second-order valence-corrected chi connectivity index (χ2v) is 4.58. The highest BCUT2D eigenvalue weighted by molar-refractivity contribution is 5.14. The van der Waals surface area contributed by atoms with Crippen molar-refractivity contribution in [1.29, 1.82) is 0 Å². The Bertz CT molecular complexity index is 347. The molecule has 0 aliphatic carbocycles. The van der Waals surface area contributed by atoms with Crippen LogP contribution in [-0.4, -0.2) is 51.2 Å². The van der Waals surface area contributed by atoms with Crippen molar-refractivity contribution in [3.63, 3.8) is 0 Å². The van der Waals surface area contributed by atoms with Crippen molar-refractivity contribution in [2.75, 3.05) is 40.4 Å². The average Bonchev–Trinajstić information content (AvgIpc) is 2.36. The monoisotopic (exact) mass is 272 g/mol. The Morgan fingerprint density at radius 1 is 1.26 bits per heavy atom. The molecule has 0 aromatic heterocycles. The van der Waals surface area contributed by atoms with E-state index in [4.69, 9.17) is 4.74 Å². The van der Waals surface area contributed by atoms with Gasteiger partial charge in [-0.25, -0.2) is 8.78 Å². The maximum Gasteiger partial charge on any atom is 0.272 e. The van der Waals surface area contributed by atoms with Gasteiger partial charge in [-0.15, -0.1) is 0 Å². The molecule has 0 aliphatic heterocycles. The summed E-state index contributed by atoms with van der Waals surface area (Å²) in [6, 6.07) is 9.62. The van der Waals surface area contributed by atoms with Gasteiger partial charge in [-0.1, -0.05) is 30.3 Å². The third kappa shape index (κ3) is 6.61. The van der Waals surface area contributed by atoms with E-state index in [0.717, 1.165) is 5.56 Å². The summed E-state index contributed by atoms with van der Waals surface area (Å²) in [5.74, 6) is -2.74. The van der Waals surface area contributed by atoms with E-state index < -0.39 is 5.92 Å². The van der Waals surface area contributed by atoms with Crippen molar-refractivity contribution in [2.45, 2.75) is 12.5 Å². The van der Waals surface area contributed by atoms with E-state index in [1.54, 1.807) is 12.0 Å². The summed E-state index contributed by atoms with van der Waals surface area (Å²) in [7, 11) is 3.11. The van der Waals surface area contributed by atoms with Crippen LogP contribution >= 0.6 is 0 Å². The van der Waals surface area contributed by atoms with Crippen molar-refractivity contribution < 1.29 is 13.5 Å². The topological polar surface area (TPSA) is 24.5 Å². The Morgan fingerprint density at radius 2 is 1.95 bits per heavy atom. The number of rotatable bonds is 9. The van der Waals surface area contributed by atoms with Gasteiger partial charge in [-0.05, 0) is 12.6 Å². The van der Waals surface area contributed by atoms with Gasteiger partial charge in [0, 0.05) is 20.2 Å². The molecule has 1 N–H and O–H groups in total. The number of nitrogens with zero attached hydrogens (tertiary/aromatic N) is 1. The fourth-order valence-corrected chi connectivity index (χ4v) is 1.92. The smallest absolute Gasteiger partial charge is 0.272 e. The standard InChI is InChI=1S/C14H22F2N2O/c1-17-11-14(15,16)12-18(8-9-19-2)10-13-6-4-3-5-7-13/h3-7,17H,8-12H2,1-2H3. The molecule has 0 unspecified atom stereocenters. The summed E-state index contributed by atoms with van der Waals surface area (Å²) < 4.78 is 32.3. The lowest BCUT2D eigenvalue weighted by molar-refractivity contribution is -0.0351. The Morgan fingerprint density at radius 3 is 2.53 bits per heavy atom. The predicted molar refractivity (Wildman–Crippen MR) is 72.5 cm³/mol. The molecule has 0 saturated heterocycles. The van der Waals surface area contributed by atoms with E-state index in [0.29, 0.717) is 19.7 Å². The third-order valence-corrected chi connectivity index (χ3v) is 2.75. The first-order valence-electron chi connectivity index (χ1n) is 6.35. The number of alkyl halides is 2. The number of hydrogen-bond donors (Lipinski definition) is 1. The fraction of sp³-hybridized carbons (Fsp3) is 0.571. The number of methoxy groups -OCH3 is 1. The second-order valence-electron chi connectivity index (χ2n) is 4.58. The SMILES string of the molecule is CNCC(F)(F)CN(CCOC)Cc1ccccc1. The van der Waals surface area contributed by atoms with Crippen LogP contribution in [0, 0.1) is 0 Å². The molecule has 0 radical (unpaired) electrons. The largest absolute Gasteiger partial charge is 0.383 e. The van der Waals surface area contributed by atoms with Gasteiger partial charge < -0.3 is 10.1 Å². The number of ether oxygens (including phenoxy) is 1. The first-order valence-corrected chi connectivity index (χ1v) is 6.35. The molecule has 0 heterocycles. The molecule has 108 valence electrons. The van der Waals surface area contributed by atoms with Crippen molar-refractivity contribution in [2.24, 2.45) is 0 Å². The average molecular weight is 272 g/mol. The van der Waals surface area contributed by atoms with Gasteiger partial charge in [0.2, 0.25) is 0 Å². The lowest BCUT2D eigenvalue weighted by Crippen LogP contribution is -2.43. The molecule has 3 nitrogen and oxygen atoms in total. The van der Waals surface area contributed by atoms with Gasteiger partial charge in [0.25, 0.3) is 5.92 Å². The van der Waals surface area contributed by atoms with Crippen LogP contribution < -0.4 is 5.32 Å². The summed E-state index contributed by atoms with van der Waals surface area (Å²) in [5.41, 5.74) is 1.03. The molecule has 0 atom stereocenters. The fourth-order valence-electron chi connectivity index (χ4n) is 1.92. The van der Waals surface area contributed by atoms with Crippen molar-refractivity contribution >= 4 is 0 Å². The first-order chi connectivity index (χ1) is 9.07. The second kappa shape index (κ2) is 8.19. The van der Waals surface area contributed by atoms with E-state index in [1.807, 2.05) is 30.3 Å². The van der Waals surface area contributed by atoms with Gasteiger partial charge >= 0.3 is 0 Å². The molecule has 5 heteroatoms. The van der Waals surface area contributed by atoms with Gasteiger partial charge in [0.05, 0.1) is 19.7 Å². The highest BCUT2D eigenvalue weighted by atomic mass is 19.3. The molecule has 1 aromatic carbocycles. The molecule has 1 aromatic rings.